The molecule has 0 aliphatic rings. The highest BCUT2D eigenvalue weighted by atomic mass is 16.4. The third kappa shape index (κ3) is 4.54. The summed E-state index contributed by atoms with van der Waals surface area (Å²) in [6.45, 7) is 0. The number of aromatic carboxylic acids is 4. The number of rotatable bonds is 4. The smallest absolute Gasteiger partial charge is 0.336 e. The molecule has 0 unspecified atom stereocenters. The Hall–Kier alpha value is -4.72. The molecular weight excluding hydrogens is 416 g/mol. The lowest BCUT2D eigenvalue weighted by Crippen LogP contribution is -2.01. The van der Waals surface area contributed by atoms with Crippen molar-refractivity contribution in [3.05, 3.63) is 95.1 Å². The fraction of sp³-hybridized carbons (Fsp3) is 0. The number of carbonyl (C=O) groups is 4. The quantitative estimate of drug-likeness (QED) is 0.369. The molecule has 160 valence electrons. The van der Waals surface area contributed by atoms with Gasteiger partial charge in [0.15, 0.2) is 0 Å². The van der Waals surface area contributed by atoms with Gasteiger partial charge in [0.1, 0.15) is 0 Å². The summed E-state index contributed by atoms with van der Waals surface area (Å²) in [5, 5.41) is 37.8. The lowest BCUT2D eigenvalue weighted by Gasteiger charge is -2.04. The fourth-order valence-electron chi connectivity index (χ4n) is 3.20. The third-order valence-corrected chi connectivity index (χ3v) is 4.72. The van der Waals surface area contributed by atoms with Crippen LogP contribution < -0.4 is 0 Å². The molecule has 0 aliphatic carbocycles. The molecule has 0 saturated carbocycles. The Labute approximate surface area is 180 Å². The summed E-state index contributed by atoms with van der Waals surface area (Å²) in [6, 6.07) is 18.4. The van der Waals surface area contributed by atoms with E-state index in [9.17, 15) is 19.2 Å². The van der Waals surface area contributed by atoms with Gasteiger partial charge < -0.3 is 20.4 Å². The molecule has 0 fully saturated rings. The molecule has 8 nitrogen and oxygen atoms in total. The molecule has 8 heteroatoms. The van der Waals surface area contributed by atoms with Crippen LogP contribution in [0.5, 0.6) is 0 Å². The first kappa shape index (κ1) is 22.0. The van der Waals surface area contributed by atoms with Crippen molar-refractivity contribution in [2.24, 2.45) is 0 Å². The fourth-order valence-corrected chi connectivity index (χ4v) is 3.20. The van der Waals surface area contributed by atoms with E-state index in [0.717, 1.165) is 5.39 Å². The van der Waals surface area contributed by atoms with Crippen LogP contribution in [0.15, 0.2) is 72.8 Å². The highest BCUT2D eigenvalue weighted by Crippen LogP contribution is 2.22. The van der Waals surface area contributed by atoms with E-state index in [1.807, 2.05) is 0 Å². The first-order valence-electron chi connectivity index (χ1n) is 9.18. The highest BCUT2D eigenvalue weighted by Gasteiger charge is 2.13. The Morgan fingerprint density at radius 3 is 1.22 bits per heavy atom. The summed E-state index contributed by atoms with van der Waals surface area (Å²) in [5.74, 6) is -4.17. The number of fused-ring (bicyclic) bond motifs is 2. The van der Waals surface area contributed by atoms with Crippen molar-refractivity contribution in [1.29, 1.82) is 0 Å². The van der Waals surface area contributed by atoms with Crippen molar-refractivity contribution in [2.45, 2.75) is 0 Å². The monoisotopic (exact) mass is 432 g/mol. The first-order valence-corrected chi connectivity index (χ1v) is 9.18. The first-order chi connectivity index (χ1) is 15.2. The molecule has 4 aromatic carbocycles. The second-order valence-corrected chi connectivity index (χ2v) is 6.70. The van der Waals surface area contributed by atoms with Crippen LogP contribution in [0.3, 0.4) is 0 Å². The predicted octanol–water partition coefficient (Wildman–Crippen LogP) is 4.47. The maximum Gasteiger partial charge on any atom is 0.336 e. The van der Waals surface area contributed by atoms with Gasteiger partial charge in [-0.05, 0) is 57.9 Å². The summed E-state index contributed by atoms with van der Waals surface area (Å²) in [4.78, 5) is 43.4. The summed E-state index contributed by atoms with van der Waals surface area (Å²) in [6.07, 6.45) is 0. The molecular formula is C24H16O8. The number of carboxylic acids is 4. The molecule has 0 heterocycles. The molecule has 0 radical (unpaired) electrons. The van der Waals surface area contributed by atoms with E-state index in [4.69, 9.17) is 20.4 Å². The zero-order valence-corrected chi connectivity index (χ0v) is 16.4. The van der Waals surface area contributed by atoms with Crippen LogP contribution in [0.25, 0.3) is 21.5 Å². The SMILES string of the molecule is O=C(O)c1ccc2ccc(C(=O)O)cc2c1.O=C(O)c1cccc2c(C(=O)O)cccc12. The molecule has 32 heavy (non-hydrogen) atoms. The summed E-state index contributed by atoms with van der Waals surface area (Å²) in [5.41, 5.74) is 0.520. The molecule has 4 N–H and O–H groups in total. The normalized spacial score (nSPS) is 10.2. The van der Waals surface area contributed by atoms with Crippen molar-refractivity contribution in [3.8, 4) is 0 Å². The predicted molar refractivity (Wildman–Crippen MR) is 116 cm³/mol. The van der Waals surface area contributed by atoms with Gasteiger partial charge in [0, 0.05) is 0 Å². The number of hydrogen-bond acceptors (Lipinski definition) is 4. The van der Waals surface area contributed by atoms with E-state index in [1.165, 1.54) is 48.5 Å². The Morgan fingerprint density at radius 1 is 0.469 bits per heavy atom. The van der Waals surface area contributed by atoms with Crippen molar-refractivity contribution < 1.29 is 39.6 Å². The lowest BCUT2D eigenvalue weighted by atomic mass is 10.0. The van der Waals surface area contributed by atoms with Crippen LogP contribution in [0.1, 0.15) is 41.4 Å². The molecule has 0 saturated heterocycles. The van der Waals surface area contributed by atoms with Crippen LogP contribution in [-0.2, 0) is 0 Å². The number of carboxylic acid groups (broad SMARTS) is 4. The molecule has 0 amide bonds. The Morgan fingerprint density at radius 2 is 0.875 bits per heavy atom. The Balaban J connectivity index is 0.000000181. The van der Waals surface area contributed by atoms with E-state index in [0.29, 0.717) is 16.2 Å². The zero-order chi connectivity index (χ0) is 23.4. The van der Waals surface area contributed by atoms with E-state index >= 15 is 0 Å². The summed E-state index contributed by atoms with van der Waals surface area (Å²) >= 11 is 0. The summed E-state index contributed by atoms with van der Waals surface area (Å²) in [7, 11) is 0. The van der Waals surface area contributed by atoms with Gasteiger partial charge in [-0.15, -0.1) is 0 Å². The Bertz CT molecular complexity index is 1290. The Kier molecular flexibility index (Phi) is 6.16. The van der Waals surface area contributed by atoms with Crippen LogP contribution in [0.2, 0.25) is 0 Å². The molecule has 4 rings (SSSR count). The largest absolute Gasteiger partial charge is 0.478 e. The molecule has 4 aromatic rings. The minimum Gasteiger partial charge on any atom is -0.478 e. The average molecular weight is 432 g/mol. The van der Waals surface area contributed by atoms with Crippen molar-refractivity contribution in [2.75, 3.05) is 0 Å². The number of hydrogen-bond donors (Lipinski definition) is 4. The van der Waals surface area contributed by atoms with Crippen molar-refractivity contribution in [3.63, 3.8) is 0 Å². The minimum absolute atomic E-state index is 0.112. The molecule has 0 bridgehead atoms. The van der Waals surface area contributed by atoms with Crippen LogP contribution in [0, 0.1) is 0 Å². The number of benzene rings is 4. The molecule has 0 atom stereocenters. The molecule has 0 spiro atoms. The maximum atomic E-state index is 10.9. The van der Waals surface area contributed by atoms with Gasteiger partial charge in [-0.3, -0.25) is 0 Å². The van der Waals surface area contributed by atoms with Gasteiger partial charge in [-0.1, -0.05) is 36.4 Å². The van der Waals surface area contributed by atoms with E-state index < -0.39 is 23.9 Å². The lowest BCUT2D eigenvalue weighted by molar-refractivity contribution is 0.0686. The minimum atomic E-state index is -1.06. The maximum absolute atomic E-state index is 10.9. The molecule has 0 aliphatic heterocycles. The van der Waals surface area contributed by atoms with Crippen molar-refractivity contribution >= 4 is 45.4 Å². The van der Waals surface area contributed by atoms with E-state index in [-0.39, 0.29) is 22.3 Å². The van der Waals surface area contributed by atoms with Gasteiger partial charge in [-0.2, -0.15) is 0 Å². The van der Waals surface area contributed by atoms with Crippen LogP contribution in [-0.4, -0.2) is 44.3 Å². The second kappa shape index (κ2) is 8.97. The van der Waals surface area contributed by atoms with Gasteiger partial charge in [0.2, 0.25) is 0 Å². The van der Waals surface area contributed by atoms with Gasteiger partial charge in [0.25, 0.3) is 0 Å². The van der Waals surface area contributed by atoms with Gasteiger partial charge >= 0.3 is 23.9 Å². The summed E-state index contributed by atoms with van der Waals surface area (Å²) < 4.78 is 0. The topological polar surface area (TPSA) is 149 Å². The van der Waals surface area contributed by atoms with Gasteiger partial charge in [-0.25, -0.2) is 19.2 Å². The second-order valence-electron chi connectivity index (χ2n) is 6.70. The van der Waals surface area contributed by atoms with Crippen LogP contribution >= 0.6 is 0 Å². The zero-order valence-electron chi connectivity index (χ0n) is 16.4. The van der Waals surface area contributed by atoms with Crippen LogP contribution in [0.4, 0.5) is 0 Å². The van der Waals surface area contributed by atoms with Gasteiger partial charge in [0.05, 0.1) is 22.3 Å². The highest BCUT2D eigenvalue weighted by molar-refractivity contribution is 6.10. The molecule has 0 aromatic heterocycles. The van der Waals surface area contributed by atoms with E-state index in [1.54, 1.807) is 24.3 Å². The standard InChI is InChI=1S/2C12H8O4/c13-11(14)8-3-1-7-2-4-9(12(15)16)6-10(7)5-8;13-11(14)9-5-1-3-7-8(9)4-2-6-10(7)12(15)16/h2*1-6H,(H,13,14)(H,15,16). The van der Waals surface area contributed by atoms with Crippen molar-refractivity contribution in [1.82, 2.24) is 0 Å². The average Bonchev–Trinajstić information content (AvgIpc) is 2.77. The third-order valence-electron chi connectivity index (χ3n) is 4.72. The van der Waals surface area contributed by atoms with E-state index in [2.05, 4.69) is 0 Å².